The van der Waals surface area contributed by atoms with Crippen molar-refractivity contribution in [1.29, 1.82) is 0 Å². The van der Waals surface area contributed by atoms with Gasteiger partial charge in [-0.05, 0) is 86.3 Å². The number of carbonyl (C=O) groups is 6. The van der Waals surface area contributed by atoms with E-state index in [-0.39, 0.29) is 44.5 Å². The largest absolute Gasteiger partial charge is 0.458 e. The predicted octanol–water partition coefficient (Wildman–Crippen LogP) is 4.83. The number of carbonyl (C=O) groups excluding carboxylic acids is 6. The first-order valence-electron chi connectivity index (χ1n) is 19.2. The first-order chi connectivity index (χ1) is 26.4. The van der Waals surface area contributed by atoms with Crippen molar-refractivity contribution in [3.63, 3.8) is 0 Å². The Morgan fingerprint density at radius 2 is 1.18 bits per heavy atom. The number of ether oxygens (including phenoxy) is 3. The van der Waals surface area contributed by atoms with Gasteiger partial charge >= 0.3 is 18.2 Å². The number of nitrogens with zero attached hydrogens (tertiary/aromatic N) is 2. The zero-order chi connectivity index (χ0) is 42.8. The van der Waals surface area contributed by atoms with E-state index in [1.807, 2.05) is 48.5 Å². The minimum atomic E-state index is -1.63. The predicted molar refractivity (Wildman–Crippen MR) is 220 cm³/mol. The summed E-state index contributed by atoms with van der Waals surface area (Å²) in [6, 6.07) is 14.7. The molecule has 15 heteroatoms. The summed E-state index contributed by atoms with van der Waals surface area (Å²) in [4.78, 5) is 85.3. The summed E-state index contributed by atoms with van der Waals surface area (Å²) in [6.45, 7) is 15.6. The van der Waals surface area contributed by atoms with Gasteiger partial charge in [0.15, 0.2) is 0 Å². The molecular weight excluding hydrogens is 751 g/mol. The third kappa shape index (κ3) is 14.9. The molecule has 1 aliphatic heterocycles. The van der Waals surface area contributed by atoms with Gasteiger partial charge in [0.05, 0.1) is 0 Å². The quantitative estimate of drug-likeness (QED) is 0.126. The van der Waals surface area contributed by atoms with E-state index in [0.29, 0.717) is 0 Å². The van der Waals surface area contributed by atoms with E-state index in [0.717, 1.165) is 11.1 Å². The lowest BCUT2D eigenvalue weighted by Crippen LogP contribution is -2.68. The van der Waals surface area contributed by atoms with Gasteiger partial charge in [-0.1, -0.05) is 60.7 Å². The molecule has 2 aromatic carbocycles. The van der Waals surface area contributed by atoms with E-state index in [1.165, 1.54) is 16.8 Å². The molecule has 0 aromatic heterocycles. The van der Waals surface area contributed by atoms with Crippen LogP contribution in [0.25, 0.3) is 0 Å². The van der Waals surface area contributed by atoms with Gasteiger partial charge in [0.2, 0.25) is 17.7 Å². The maximum Gasteiger partial charge on any atom is 0.410 e. The van der Waals surface area contributed by atoms with Gasteiger partial charge in [0, 0.05) is 38.7 Å². The second-order valence-corrected chi connectivity index (χ2v) is 17.7. The number of esters is 1. The zero-order valence-electron chi connectivity index (χ0n) is 35.0. The molecule has 5 amide bonds. The molecule has 0 saturated carbocycles. The Bertz CT molecular complexity index is 1700. The summed E-state index contributed by atoms with van der Waals surface area (Å²) < 4.78 is 16.7. The van der Waals surface area contributed by atoms with Crippen LogP contribution in [0, 0.1) is 0 Å². The Morgan fingerprint density at radius 3 is 1.63 bits per heavy atom. The molecule has 3 N–H and O–H groups in total. The third-order valence-corrected chi connectivity index (χ3v) is 9.23. The molecule has 314 valence electrons. The van der Waals surface area contributed by atoms with Gasteiger partial charge in [0.1, 0.15) is 40.5 Å². The van der Waals surface area contributed by atoms with Crippen LogP contribution in [-0.2, 0) is 46.2 Å². The fourth-order valence-electron chi connectivity index (χ4n) is 6.17. The summed E-state index contributed by atoms with van der Waals surface area (Å²) in [7, 11) is 1.43. The first-order valence-corrected chi connectivity index (χ1v) is 19.8. The van der Waals surface area contributed by atoms with E-state index < -0.39 is 76.3 Å². The number of likely N-dealkylation sites (N-methyl/N-ethyl adjacent to an activating group) is 1. The lowest BCUT2D eigenvalue weighted by molar-refractivity contribution is -0.159. The Labute approximate surface area is 342 Å². The second kappa shape index (κ2) is 19.6. The van der Waals surface area contributed by atoms with E-state index in [2.05, 4.69) is 28.6 Å². The second-order valence-electron chi connectivity index (χ2n) is 17.3. The normalized spacial score (nSPS) is 15.9. The van der Waals surface area contributed by atoms with Crippen LogP contribution in [0.4, 0.5) is 9.59 Å². The highest BCUT2D eigenvalue weighted by Crippen LogP contribution is 2.28. The molecule has 0 unspecified atom stereocenters. The number of rotatable bonds is 13. The topological polar surface area (TPSA) is 173 Å². The fourth-order valence-corrected chi connectivity index (χ4v) is 6.58. The number of amides is 5. The lowest BCUT2D eigenvalue weighted by Gasteiger charge is -2.44. The summed E-state index contributed by atoms with van der Waals surface area (Å²) in [6.07, 6.45) is -1.27. The molecule has 3 atom stereocenters. The number of thiol groups is 1. The van der Waals surface area contributed by atoms with Crippen molar-refractivity contribution in [2.24, 2.45) is 0 Å². The zero-order valence-corrected chi connectivity index (χ0v) is 35.9. The number of nitrogens with one attached hydrogen (secondary N) is 3. The standard InChI is InChI=1S/C42H61N5O9S/c1-39(2,3)54-35(50)31(26-29-19-15-12-16-20-29)43-34(49)32(27-57)46(10)36(51)42(21-23-47(24-22-42)38(53)56-41(7,8)9)45-33(48)30(25-28-17-13-11-14-18-28)44-37(52)55-40(4,5)6/h11-20,30-32,57H,21-27H2,1-10H3,(H,43,49)(H,44,52)(H,45,48)/t30-,31-,32-/m0/s1. The van der Waals surface area contributed by atoms with Crippen LogP contribution in [0.5, 0.6) is 0 Å². The maximum absolute atomic E-state index is 14.8. The van der Waals surface area contributed by atoms with E-state index in [9.17, 15) is 28.8 Å². The molecule has 14 nitrogen and oxygen atoms in total. The summed E-state index contributed by atoms with van der Waals surface area (Å²) in [5, 5.41) is 8.39. The highest BCUT2D eigenvalue weighted by molar-refractivity contribution is 7.80. The molecule has 1 heterocycles. The molecule has 57 heavy (non-hydrogen) atoms. The van der Waals surface area contributed by atoms with Crippen molar-refractivity contribution in [1.82, 2.24) is 25.8 Å². The smallest absolute Gasteiger partial charge is 0.410 e. The number of piperidine rings is 1. The van der Waals surface area contributed by atoms with Crippen LogP contribution < -0.4 is 16.0 Å². The maximum atomic E-state index is 14.8. The summed E-state index contributed by atoms with van der Waals surface area (Å²) >= 11 is 4.44. The first kappa shape index (κ1) is 46.6. The van der Waals surface area contributed by atoms with Crippen LogP contribution in [0.2, 0.25) is 0 Å². The molecule has 1 saturated heterocycles. The van der Waals surface area contributed by atoms with Crippen molar-refractivity contribution in [3.05, 3.63) is 71.8 Å². The average Bonchev–Trinajstić information content (AvgIpc) is 3.10. The molecule has 0 spiro atoms. The molecule has 0 bridgehead atoms. The van der Waals surface area contributed by atoms with Crippen LogP contribution >= 0.6 is 12.6 Å². The Balaban J connectivity index is 1.97. The van der Waals surface area contributed by atoms with E-state index in [1.54, 1.807) is 74.4 Å². The molecule has 1 aliphatic rings. The van der Waals surface area contributed by atoms with E-state index in [4.69, 9.17) is 14.2 Å². The van der Waals surface area contributed by atoms with Crippen LogP contribution in [-0.4, -0.2) is 112 Å². The minimum absolute atomic E-state index is 0.0349. The highest BCUT2D eigenvalue weighted by atomic mass is 32.1. The molecule has 0 aliphatic carbocycles. The summed E-state index contributed by atoms with van der Waals surface area (Å²) in [5.74, 6) is -2.73. The van der Waals surface area contributed by atoms with E-state index >= 15 is 0 Å². The van der Waals surface area contributed by atoms with Crippen molar-refractivity contribution in [3.8, 4) is 0 Å². The third-order valence-electron chi connectivity index (χ3n) is 8.88. The number of hydrogen-bond donors (Lipinski definition) is 4. The highest BCUT2D eigenvalue weighted by Gasteiger charge is 2.48. The van der Waals surface area contributed by atoms with Crippen LogP contribution in [0.3, 0.4) is 0 Å². The van der Waals surface area contributed by atoms with Gasteiger partial charge in [-0.3, -0.25) is 14.4 Å². The van der Waals surface area contributed by atoms with Gasteiger partial charge in [-0.2, -0.15) is 12.6 Å². The summed E-state index contributed by atoms with van der Waals surface area (Å²) in [5.41, 5.74) is -2.55. The Hall–Kier alpha value is -4.79. The van der Waals surface area contributed by atoms with Crippen LogP contribution in [0.1, 0.15) is 86.3 Å². The van der Waals surface area contributed by atoms with Gasteiger partial charge in [-0.15, -0.1) is 0 Å². The number of alkyl carbamates (subject to hydrolysis) is 1. The molecule has 1 fully saturated rings. The number of likely N-dealkylation sites (tertiary alicyclic amines) is 1. The Morgan fingerprint density at radius 1 is 0.702 bits per heavy atom. The number of hydrogen-bond acceptors (Lipinski definition) is 10. The minimum Gasteiger partial charge on any atom is -0.458 e. The molecule has 0 radical (unpaired) electrons. The van der Waals surface area contributed by atoms with Crippen molar-refractivity contribution >= 4 is 48.5 Å². The van der Waals surface area contributed by atoms with Gasteiger partial charge < -0.3 is 40.0 Å². The fraction of sp³-hybridized carbons (Fsp3) is 0.571. The molecular formula is C42H61N5O9S. The Kier molecular flexibility index (Phi) is 16.0. The molecule has 3 rings (SSSR count). The van der Waals surface area contributed by atoms with Gasteiger partial charge in [0.25, 0.3) is 0 Å². The lowest BCUT2D eigenvalue weighted by atomic mass is 9.85. The monoisotopic (exact) mass is 811 g/mol. The molecule has 2 aromatic rings. The van der Waals surface area contributed by atoms with Crippen molar-refractivity contribution < 1.29 is 43.0 Å². The average molecular weight is 812 g/mol. The SMILES string of the molecule is CN(C(=O)C1(NC(=O)[C@H](Cc2ccccc2)NC(=O)OC(C)(C)C)CCN(C(=O)OC(C)(C)C)CC1)[C@@H](CS)C(=O)N[C@@H](Cc1ccccc1)C(=O)OC(C)(C)C. The van der Waals surface area contributed by atoms with Crippen LogP contribution in [0.15, 0.2) is 60.7 Å². The number of benzene rings is 2. The van der Waals surface area contributed by atoms with Gasteiger partial charge in [-0.25, -0.2) is 14.4 Å². The van der Waals surface area contributed by atoms with Crippen molar-refractivity contribution in [2.45, 2.75) is 128 Å². The van der Waals surface area contributed by atoms with Crippen molar-refractivity contribution in [2.75, 3.05) is 25.9 Å².